The summed E-state index contributed by atoms with van der Waals surface area (Å²) in [4.78, 5) is 28.3. The van der Waals surface area contributed by atoms with Crippen LogP contribution in [0.15, 0.2) is 24.5 Å². The fraction of sp³-hybridized carbons (Fsp3) is 0.571. The summed E-state index contributed by atoms with van der Waals surface area (Å²) in [7, 11) is 0. The first-order chi connectivity index (χ1) is 13.8. The van der Waals surface area contributed by atoms with Crippen LogP contribution in [-0.2, 0) is 9.53 Å². The molecule has 0 radical (unpaired) electrons. The molecule has 4 heterocycles. The number of anilines is 2. The van der Waals surface area contributed by atoms with Gasteiger partial charge in [-0.1, -0.05) is 0 Å². The number of hydrogen-bond acceptors (Lipinski definition) is 6. The number of carbonyl (C=O) groups is 1. The van der Waals surface area contributed by atoms with Gasteiger partial charge in [0.1, 0.15) is 18.2 Å². The minimum Gasteiger partial charge on any atom is -0.368 e. The second-order valence-corrected chi connectivity index (χ2v) is 7.91. The van der Waals surface area contributed by atoms with Gasteiger partial charge in [0.25, 0.3) is 5.91 Å². The first-order valence-corrected chi connectivity index (χ1v) is 10.4. The lowest BCUT2D eigenvalue weighted by Gasteiger charge is -2.37. The Kier molecular flexibility index (Phi) is 4.76. The van der Waals surface area contributed by atoms with Crippen LogP contribution in [0.1, 0.15) is 25.7 Å². The molecule has 0 saturated carbocycles. The molecular formula is C21H27N5O2. The van der Waals surface area contributed by atoms with E-state index in [2.05, 4.69) is 38.0 Å². The van der Waals surface area contributed by atoms with Gasteiger partial charge in [0.05, 0.1) is 5.52 Å². The summed E-state index contributed by atoms with van der Waals surface area (Å²) < 4.78 is 5.57. The van der Waals surface area contributed by atoms with Crippen molar-refractivity contribution in [3.05, 3.63) is 24.5 Å². The molecule has 0 spiro atoms. The lowest BCUT2D eigenvalue weighted by atomic mass is 10.1. The first-order valence-electron chi connectivity index (χ1n) is 10.4. The lowest BCUT2D eigenvalue weighted by Crippen LogP contribution is -2.51. The molecule has 3 fully saturated rings. The third kappa shape index (κ3) is 3.28. The van der Waals surface area contributed by atoms with E-state index in [1.54, 1.807) is 6.33 Å². The molecule has 7 heteroatoms. The molecule has 0 N–H and O–H groups in total. The van der Waals surface area contributed by atoms with E-state index in [-0.39, 0.29) is 12.0 Å². The highest BCUT2D eigenvalue weighted by Gasteiger charge is 2.30. The highest BCUT2D eigenvalue weighted by Crippen LogP contribution is 2.30. The molecule has 1 atom stereocenters. The third-order valence-electron chi connectivity index (χ3n) is 6.17. The van der Waals surface area contributed by atoms with Crippen molar-refractivity contribution in [2.45, 2.75) is 31.8 Å². The van der Waals surface area contributed by atoms with Crippen molar-refractivity contribution >= 4 is 28.3 Å². The maximum absolute atomic E-state index is 12.6. The fourth-order valence-corrected chi connectivity index (χ4v) is 4.57. The monoisotopic (exact) mass is 381 g/mol. The average Bonchev–Trinajstić information content (AvgIpc) is 3.47. The smallest absolute Gasteiger partial charge is 0.251 e. The summed E-state index contributed by atoms with van der Waals surface area (Å²) in [6.07, 6.45) is 5.77. The van der Waals surface area contributed by atoms with Gasteiger partial charge in [-0.3, -0.25) is 4.79 Å². The van der Waals surface area contributed by atoms with Gasteiger partial charge in [0, 0.05) is 56.9 Å². The molecule has 1 amide bonds. The Morgan fingerprint density at radius 1 is 0.964 bits per heavy atom. The van der Waals surface area contributed by atoms with E-state index in [0.29, 0.717) is 0 Å². The molecule has 0 aliphatic carbocycles. The average molecular weight is 381 g/mol. The molecule has 148 valence electrons. The van der Waals surface area contributed by atoms with E-state index in [0.717, 1.165) is 75.4 Å². The van der Waals surface area contributed by atoms with Crippen molar-refractivity contribution in [2.75, 3.05) is 55.7 Å². The van der Waals surface area contributed by atoms with E-state index < -0.39 is 0 Å². The van der Waals surface area contributed by atoms with Gasteiger partial charge < -0.3 is 19.4 Å². The zero-order chi connectivity index (χ0) is 18.9. The molecule has 1 aromatic carbocycles. The minimum atomic E-state index is -0.215. The molecule has 1 aromatic heterocycles. The van der Waals surface area contributed by atoms with Crippen LogP contribution in [0, 0.1) is 0 Å². The summed E-state index contributed by atoms with van der Waals surface area (Å²) in [5.74, 6) is 1.22. The molecule has 3 aliphatic heterocycles. The van der Waals surface area contributed by atoms with Gasteiger partial charge in [-0.05, 0) is 43.9 Å². The second kappa shape index (κ2) is 7.54. The Morgan fingerprint density at radius 3 is 2.54 bits per heavy atom. The number of ether oxygens (including phenoxy) is 1. The van der Waals surface area contributed by atoms with E-state index in [1.165, 1.54) is 18.5 Å². The summed E-state index contributed by atoms with van der Waals surface area (Å²) in [6, 6.07) is 6.46. The number of fused-ring (bicyclic) bond motifs is 1. The van der Waals surface area contributed by atoms with Crippen LogP contribution in [0.4, 0.5) is 11.5 Å². The van der Waals surface area contributed by atoms with Gasteiger partial charge in [-0.2, -0.15) is 0 Å². The Morgan fingerprint density at radius 2 is 1.79 bits per heavy atom. The SMILES string of the molecule is O=C(C1CCCO1)N1CCN(c2ccc3ncnc(N4CCCC4)c3c2)CC1. The van der Waals surface area contributed by atoms with Crippen LogP contribution in [0.5, 0.6) is 0 Å². The van der Waals surface area contributed by atoms with Crippen molar-refractivity contribution in [3.63, 3.8) is 0 Å². The number of amides is 1. The highest BCUT2D eigenvalue weighted by molar-refractivity contribution is 5.92. The standard InChI is InChI=1S/C21H27N5O2/c27-21(19-4-3-13-28-19)26-11-9-24(10-12-26)16-5-6-18-17(14-16)20(23-15-22-18)25-7-1-2-8-25/h5-6,14-15,19H,1-4,7-13H2. The molecule has 1 unspecified atom stereocenters. The number of piperazine rings is 1. The maximum Gasteiger partial charge on any atom is 0.251 e. The maximum atomic E-state index is 12.6. The van der Waals surface area contributed by atoms with Crippen molar-refractivity contribution < 1.29 is 9.53 Å². The van der Waals surface area contributed by atoms with Crippen molar-refractivity contribution in [2.24, 2.45) is 0 Å². The Labute approximate surface area is 165 Å². The molecule has 0 bridgehead atoms. The van der Waals surface area contributed by atoms with E-state index in [4.69, 9.17) is 4.74 Å². The fourth-order valence-electron chi connectivity index (χ4n) is 4.57. The zero-order valence-electron chi connectivity index (χ0n) is 16.2. The van der Waals surface area contributed by atoms with Crippen molar-refractivity contribution in [1.82, 2.24) is 14.9 Å². The Balaban J connectivity index is 1.32. The zero-order valence-corrected chi connectivity index (χ0v) is 16.2. The Hall–Kier alpha value is -2.41. The predicted octanol–water partition coefficient (Wildman–Crippen LogP) is 2.06. The van der Waals surface area contributed by atoms with E-state index in [9.17, 15) is 4.79 Å². The largest absolute Gasteiger partial charge is 0.368 e. The van der Waals surface area contributed by atoms with Gasteiger partial charge >= 0.3 is 0 Å². The van der Waals surface area contributed by atoms with Gasteiger partial charge in [0.15, 0.2) is 0 Å². The van der Waals surface area contributed by atoms with Crippen LogP contribution in [0.25, 0.3) is 10.9 Å². The number of rotatable bonds is 3. The van der Waals surface area contributed by atoms with Gasteiger partial charge in [0.2, 0.25) is 0 Å². The van der Waals surface area contributed by atoms with Crippen LogP contribution in [0.3, 0.4) is 0 Å². The summed E-state index contributed by atoms with van der Waals surface area (Å²) in [5.41, 5.74) is 2.18. The van der Waals surface area contributed by atoms with Crippen LogP contribution >= 0.6 is 0 Å². The number of benzene rings is 1. The quantitative estimate of drug-likeness (QED) is 0.811. The molecule has 28 heavy (non-hydrogen) atoms. The third-order valence-corrected chi connectivity index (χ3v) is 6.17. The minimum absolute atomic E-state index is 0.167. The first kappa shape index (κ1) is 17.7. The molecule has 3 aliphatic rings. The number of aromatic nitrogens is 2. The molecule has 3 saturated heterocycles. The number of hydrogen-bond donors (Lipinski definition) is 0. The van der Waals surface area contributed by atoms with Crippen molar-refractivity contribution in [3.8, 4) is 0 Å². The summed E-state index contributed by atoms with van der Waals surface area (Å²) in [5, 5.41) is 1.12. The molecule has 2 aromatic rings. The topological polar surface area (TPSA) is 61.8 Å². The molecular weight excluding hydrogens is 354 g/mol. The van der Waals surface area contributed by atoms with Crippen LogP contribution in [0.2, 0.25) is 0 Å². The lowest BCUT2D eigenvalue weighted by molar-refractivity contribution is -0.141. The van der Waals surface area contributed by atoms with E-state index >= 15 is 0 Å². The second-order valence-electron chi connectivity index (χ2n) is 7.91. The van der Waals surface area contributed by atoms with Gasteiger partial charge in [-0.15, -0.1) is 0 Å². The summed E-state index contributed by atoms with van der Waals surface area (Å²) in [6.45, 7) is 6.05. The highest BCUT2D eigenvalue weighted by atomic mass is 16.5. The summed E-state index contributed by atoms with van der Waals surface area (Å²) >= 11 is 0. The number of carbonyl (C=O) groups excluding carboxylic acids is 1. The van der Waals surface area contributed by atoms with E-state index in [1.807, 2.05) is 4.90 Å². The molecule has 7 nitrogen and oxygen atoms in total. The number of nitrogens with zero attached hydrogens (tertiary/aromatic N) is 5. The molecule has 5 rings (SSSR count). The van der Waals surface area contributed by atoms with Crippen molar-refractivity contribution in [1.29, 1.82) is 0 Å². The van der Waals surface area contributed by atoms with Crippen LogP contribution < -0.4 is 9.80 Å². The Bertz CT molecular complexity index is 853. The normalized spacial score (nSPS) is 23.0. The van der Waals surface area contributed by atoms with Crippen LogP contribution in [-0.4, -0.2) is 72.8 Å². The van der Waals surface area contributed by atoms with Gasteiger partial charge in [-0.25, -0.2) is 9.97 Å². The predicted molar refractivity (Wildman–Crippen MR) is 109 cm³/mol.